The molecule has 0 amide bonds. The van der Waals surface area contributed by atoms with E-state index in [4.69, 9.17) is 4.98 Å². The van der Waals surface area contributed by atoms with Crippen LogP contribution in [-0.4, -0.2) is 9.97 Å². The number of nitrogens with zero attached hydrogens (tertiary/aromatic N) is 2. The highest BCUT2D eigenvalue weighted by molar-refractivity contribution is 6.02. The van der Waals surface area contributed by atoms with Gasteiger partial charge in [0.15, 0.2) is 0 Å². The van der Waals surface area contributed by atoms with Crippen LogP contribution in [0.2, 0.25) is 0 Å². The van der Waals surface area contributed by atoms with E-state index < -0.39 is 0 Å². The van der Waals surface area contributed by atoms with E-state index in [1.807, 2.05) is 30.5 Å². The molecule has 0 fully saturated rings. The molecule has 2 heteroatoms. The molecule has 0 saturated heterocycles. The Morgan fingerprint density at radius 2 is 0.868 bits per heavy atom. The fraction of sp³-hybridized carbons (Fsp3) is 0.0196. The Labute approximate surface area is 308 Å². The Hall–Kier alpha value is -6.90. The van der Waals surface area contributed by atoms with Crippen molar-refractivity contribution in [2.24, 2.45) is 0 Å². The van der Waals surface area contributed by atoms with Crippen LogP contribution in [0.3, 0.4) is 0 Å². The van der Waals surface area contributed by atoms with Gasteiger partial charge in [0, 0.05) is 11.6 Å². The number of fused-ring (bicyclic) bond motifs is 11. The summed E-state index contributed by atoms with van der Waals surface area (Å²) in [4.78, 5) is 9.58. The molecule has 246 valence electrons. The minimum absolute atomic E-state index is 0.368. The van der Waals surface area contributed by atoms with E-state index in [9.17, 15) is 0 Å². The second-order valence-corrected chi connectivity index (χ2v) is 14.0. The molecule has 53 heavy (non-hydrogen) atoms. The van der Waals surface area contributed by atoms with Gasteiger partial charge in [0.25, 0.3) is 0 Å². The zero-order valence-electron chi connectivity index (χ0n) is 28.9. The van der Waals surface area contributed by atoms with Crippen LogP contribution in [0.15, 0.2) is 194 Å². The van der Waals surface area contributed by atoms with Gasteiger partial charge in [-0.3, -0.25) is 4.98 Å². The van der Waals surface area contributed by atoms with E-state index in [1.165, 1.54) is 66.8 Å². The highest BCUT2D eigenvalue weighted by atomic mass is 14.8. The Kier molecular flexibility index (Phi) is 6.50. The number of pyridine rings is 2. The van der Waals surface area contributed by atoms with Crippen LogP contribution < -0.4 is 0 Å². The largest absolute Gasteiger partial charge is 0.255 e. The smallest absolute Gasteiger partial charge is 0.0900 e. The summed E-state index contributed by atoms with van der Waals surface area (Å²) < 4.78 is 0. The summed E-state index contributed by atoms with van der Waals surface area (Å²) in [6, 6.07) is 68.5. The summed E-state index contributed by atoms with van der Waals surface area (Å²) in [6.07, 6.45) is 1.82. The molecule has 2 aliphatic carbocycles. The van der Waals surface area contributed by atoms with Crippen molar-refractivity contribution in [3.8, 4) is 67.0 Å². The Morgan fingerprint density at radius 1 is 0.340 bits per heavy atom. The molecular formula is C51H32N2. The molecule has 0 N–H and O–H groups in total. The first-order valence-electron chi connectivity index (χ1n) is 18.2. The van der Waals surface area contributed by atoms with Crippen LogP contribution in [0.25, 0.3) is 77.9 Å². The predicted octanol–water partition coefficient (Wildman–Crippen LogP) is 12.6. The third-order valence-electron chi connectivity index (χ3n) is 11.4. The monoisotopic (exact) mass is 672 g/mol. The molecule has 0 aliphatic heterocycles. The van der Waals surface area contributed by atoms with Crippen molar-refractivity contribution in [2.75, 3.05) is 0 Å². The average Bonchev–Trinajstić information content (AvgIpc) is 3.71. The van der Waals surface area contributed by atoms with E-state index in [1.54, 1.807) is 0 Å². The van der Waals surface area contributed by atoms with Crippen molar-refractivity contribution < 1.29 is 0 Å². The minimum atomic E-state index is -0.368. The SMILES string of the molecule is c1ccc(-c2cc(-c3ccc(-c4ccccc4-c4cccc5c4-c4ccccc4C54c5ccccc5-c5ccccc54)cc3)c3ccccc3n2)nc1. The topological polar surface area (TPSA) is 25.8 Å². The fourth-order valence-corrected chi connectivity index (χ4v) is 9.23. The molecule has 0 radical (unpaired) electrons. The van der Waals surface area contributed by atoms with Crippen molar-refractivity contribution >= 4 is 10.9 Å². The first-order valence-corrected chi connectivity index (χ1v) is 18.2. The lowest BCUT2D eigenvalue weighted by Crippen LogP contribution is -2.25. The molecule has 2 aromatic heterocycles. The first-order chi connectivity index (χ1) is 26.3. The fourth-order valence-electron chi connectivity index (χ4n) is 9.23. The predicted molar refractivity (Wildman–Crippen MR) is 218 cm³/mol. The van der Waals surface area contributed by atoms with Gasteiger partial charge in [-0.15, -0.1) is 0 Å². The van der Waals surface area contributed by atoms with Crippen molar-refractivity contribution in [3.05, 3.63) is 217 Å². The standard InChI is InChI=1S/C51H32N2/c1-2-15-36(35(14-1)33-27-29-34(30-28-33)42-32-49(48-26-11-12-31-52-48)53-47-25-10-6-18-39(42)47)40-20-13-24-46-50(40)41-19-5-9-23-45(41)51(46)43-21-7-3-16-37(43)38-17-4-8-22-44(38)51/h1-32H. The molecule has 0 bridgehead atoms. The molecule has 2 heterocycles. The van der Waals surface area contributed by atoms with Gasteiger partial charge in [0.1, 0.15) is 0 Å². The molecule has 7 aromatic carbocycles. The van der Waals surface area contributed by atoms with E-state index in [0.717, 1.165) is 33.4 Å². The minimum Gasteiger partial charge on any atom is -0.255 e. The highest BCUT2D eigenvalue weighted by Crippen LogP contribution is 2.64. The van der Waals surface area contributed by atoms with Gasteiger partial charge in [-0.1, -0.05) is 164 Å². The van der Waals surface area contributed by atoms with E-state index in [2.05, 4.69) is 169 Å². The van der Waals surface area contributed by atoms with Crippen LogP contribution in [0, 0.1) is 0 Å². The molecule has 0 unspecified atom stereocenters. The number of aromatic nitrogens is 2. The Balaban J connectivity index is 1.08. The zero-order chi connectivity index (χ0) is 34.9. The van der Waals surface area contributed by atoms with E-state index in [-0.39, 0.29) is 5.41 Å². The Morgan fingerprint density at radius 3 is 1.57 bits per heavy atom. The Bertz CT molecular complexity index is 2840. The molecule has 2 nitrogen and oxygen atoms in total. The summed E-state index contributed by atoms with van der Waals surface area (Å²) in [5.41, 5.74) is 20.2. The van der Waals surface area contributed by atoms with Crippen molar-refractivity contribution in [1.82, 2.24) is 9.97 Å². The molecule has 1 spiro atoms. The first kappa shape index (κ1) is 29.8. The van der Waals surface area contributed by atoms with Crippen molar-refractivity contribution in [3.63, 3.8) is 0 Å². The maximum atomic E-state index is 4.98. The maximum Gasteiger partial charge on any atom is 0.0900 e. The number of hydrogen-bond acceptors (Lipinski definition) is 2. The summed E-state index contributed by atoms with van der Waals surface area (Å²) in [5, 5.41) is 1.13. The lowest BCUT2D eigenvalue weighted by Gasteiger charge is -2.30. The van der Waals surface area contributed by atoms with Crippen LogP contribution in [-0.2, 0) is 5.41 Å². The molecule has 0 saturated carbocycles. The number of benzene rings is 7. The van der Waals surface area contributed by atoms with Crippen LogP contribution in [0.5, 0.6) is 0 Å². The zero-order valence-corrected chi connectivity index (χ0v) is 28.9. The quantitative estimate of drug-likeness (QED) is 0.186. The average molecular weight is 673 g/mol. The second-order valence-electron chi connectivity index (χ2n) is 14.0. The summed E-state index contributed by atoms with van der Waals surface area (Å²) >= 11 is 0. The van der Waals surface area contributed by atoms with Gasteiger partial charge in [-0.25, -0.2) is 4.98 Å². The van der Waals surface area contributed by atoms with Gasteiger partial charge < -0.3 is 0 Å². The third-order valence-corrected chi connectivity index (χ3v) is 11.4. The van der Waals surface area contributed by atoms with Gasteiger partial charge >= 0.3 is 0 Å². The molecular weight excluding hydrogens is 641 g/mol. The molecule has 11 rings (SSSR count). The molecule has 2 aliphatic rings. The van der Waals surface area contributed by atoms with Gasteiger partial charge in [0.05, 0.1) is 22.3 Å². The van der Waals surface area contributed by atoms with E-state index in [0.29, 0.717) is 0 Å². The van der Waals surface area contributed by atoms with E-state index >= 15 is 0 Å². The lowest BCUT2D eigenvalue weighted by atomic mass is 9.70. The summed E-state index contributed by atoms with van der Waals surface area (Å²) in [7, 11) is 0. The van der Waals surface area contributed by atoms with Crippen LogP contribution in [0.1, 0.15) is 22.3 Å². The molecule has 9 aromatic rings. The lowest BCUT2D eigenvalue weighted by molar-refractivity contribution is 0.794. The van der Waals surface area contributed by atoms with Gasteiger partial charge in [0.2, 0.25) is 0 Å². The normalized spacial score (nSPS) is 13.1. The van der Waals surface area contributed by atoms with Gasteiger partial charge in [-0.05, 0) is 102 Å². The van der Waals surface area contributed by atoms with Crippen LogP contribution in [0.4, 0.5) is 0 Å². The number of para-hydroxylation sites is 1. The second kappa shape index (κ2) is 11.6. The van der Waals surface area contributed by atoms with Crippen molar-refractivity contribution in [1.29, 1.82) is 0 Å². The number of hydrogen-bond donors (Lipinski definition) is 0. The third kappa shape index (κ3) is 4.27. The molecule has 0 atom stereocenters. The maximum absolute atomic E-state index is 4.98. The van der Waals surface area contributed by atoms with Gasteiger partial charge in [-0.2, -0.15) is 0 Å². The van der Waals surface area contributed by atoms with Crippen LogP contribution >= 0.6 is 0 Å². The van der Waals surface area contributed by atoms with Crippen molar-refractivity contribution in [2.45, 2.75) is 5.41 Å². The summed E-state index contributed by atoms with van der Waals surface area (Å²) in [5.74, 6) is 0. The summed E-state index contributed by atoms with van der Waals surface area (Å²) in [6.45, 7) is 0. The number of rotatable bonds is 4. The highest BCUT2D eigenvalue weighted by Gasteiger charge is 2.52.